The van der Waals surface area contributed by atoms with Crippen molar-refractivity contribution in [3.63, 3.8) is 0 Å². The van der Waals surface area contributed by atoms with Crippen LogP contribution in [0.25, 0.3) is 0 Å². The first-order valence-electron chi connectivity index (χ1n) is 6.13. The molecule has 1 fully saturated rings. The third kappa shape index (κ3) is 2.98. The summed E-state index contributed by atoms with van der Waals surface area (Å²) >= 11 is 0. The molecule has 1 aromatic rings. The van der Waals surface area contributed by atoms with E-state index in [0.717, 1.165) is 12.8 Å². The Labute approximate surface area is 107 Å². The summed E-state index contributed by atoms with van der Waals surface area (Å²) in [7, 11) is 0. The molecule has 1 amide bonds. The first-order chi connectivity index (χ1) is 8.48. The summed E-state index contributed by atoms with van der Waals surface area (Å²) in [5, 5.41) is 3.29. The fraction of sp³-hybridized carbons (Fsp3) is 0.538. The third-order valence-electron chi connectivity index (χ3n) is 3.11. The second kappa shape index (κ2) is 4.94. The molecule has 98 valence electrons. The van der Waals surface area contributed by atoms with E-state index in [1.165, 1.54) is 0 Å². The highest BCUT2D eigenvalue weighted by atomic mass is 16.5. The molecule has 1 unspecified atom stereocenters. The number of rotatable bonds is 3. The lowest BCUT2D eigenvalue weighted by molar-refractivity contribution is -0.0553. The van der Waals surface area contributed by atoms with Crippen LogP contribution in [0.5, 0.6) is 0 Å². The Hall–Kier alpha value is -1.62. The molecular formula is C13H19N3O2. The molecule has 1 aromatic heterocycles. The van der Waals surface area contributed by atoms with E-state index in [-0.39, 0.29) is 11.6 Å². The number of anilines is 1. The summed E-state index contributed by atoms with van der Waals surface area (Å²) in [5.41, 5.74) is 5.62. The normalized spacial score (nSPS) is 22.4. The van der Waals surface area contributed by atoms with Crippen molar-refractivity contribution in [3.05, 3.63) is 23.9 Å². The van der Waals surface area contributed by atoms with Gasteiger partial charge in [-0.1, -0.05) is 0 Å². The van der Waals surface area contributed by atoms with Gasteiger partial charge >= 0.3 is 0 Å². The highest BCUT2D eigenvalue weighted by molar-refractivity contribution is 5.97. The van der Waals surface area contributed by atoms with Crippen LogP contribution in [0.4, 0.5) is 5.82 Å². The molecule has 0 saturated carbocycles. The van der Waals surface area contributed by atoms with Gasteiger partial charge in [0.2, 0.25) is 0 Å². The molecule has 0 aromatic carbocycles. The molecule has 0 radical (unpaired) electrons. The number of hydrogen-bond acceptors (Lipinski definition) is 4. The predicted octanol–water partition coefficient (Wildman–Crippen LogP) is 1.55. The molecule has 1 aliphatic heterocycles. The molecule has 5 nitrogen and oxygen atoms in total. The predicted molar refractivity (Wildman–Crippen MR) is 69.4 cm³/mol. The number of aromatic nitrogens is 1. The average Bonchev–Trinajstić information content (AvgIpc) is 2.28. The Morgan fingerprint density at radius 2 is 2.39 bits per heavy atom. The van der Waals surface area contributed by atoms with Gasteiger partial charge < -0.3 is 15.8 Å². The minimum atomic E-state index is -0.461. The molecule has 2 heterocycles. The first kappa shape index (κ1) is 12.8. The standard InChI is InChI=1S/C13H19N3O2/c1-13(2)8-9(5-7-18-13)16-12-10(11(14)17)4-3-6-15-12/h3-4,6,9H,5,7-8H2,1-2H3,(H2,14,17)(H,15,16). The Bertz CT molecular complexity index is 446. The maximum absolute atomic E-state index is 11.3. The van der Waals surface area contributed by atoms with E-state index in [4.69, 9.17) is 10.5 Å². The summed E-state index contributed by atoms with van der Waals surface area (Å²) in [4.78, 5) is 15.5. The summed E-state index contributed by atoms with van der Waals surface area (Å²) in [6.45, 7) is 4.84. The fourth-order valence-corrected chi connectivity index (χ4v) is 2.27. The van der Waals surface area contributed by atoms with E-state index in [0.29, 0.717) is 18.0 Å². The number of nitrogens with two attached hydrogens (primary N) is 1. The van der Waals surface area contributed by atoms with Crippen molar-refractivity contribution in [2.45, 2.75) is 38.3 Å². The van der Waals surface area contributed by atoms with Gasteiger partial charge in [0, 0.05) is 18.8 Å². The lowest BCUT2D eigenvalue weighted by atomic mass is 9.94. The monoisotopic (exact) mass is 249 g/mol. The molecule has 1 saturated heterocycles. The molecule has 5 heteroatoms. The number of pyridine rings is 1. The van der Waals surface area contributed by atoms with Crippen molar-refractivity contribution < 1.29 is 9.53 Å². The van der Waals surface area contributed by atoms with E-state index in [9.17, 15) is 4.79 Å². The van der Waals surface area contributed by atoms with Crippen LogP contribution in [0, 0.1) is 0 Å². The van der Waals surface area contributed by atoms with Crippen molar-refractivity contribution in [3.8, 4) is 0 Å². The van der Waals surface area contributed by atoms with Gasteiger partial charge in [-0.2, -0.15) is 0 Å². The zero-order valence-corrected chi connectivity index (χ0v) is 10.8. The molecule has 3 N–H and O–H groups in total. The molecule has 0 aliphatic carbocycles. The molecule has 1 aliphatic rings. The van der Waals surface area contributed by atoms with Crippen LogP contribution in [0.15, 0.2) is 18.3 Å². The van der Waals surface area contributed by atoms with Gasteiger partial charge in [-0.3, -0.25) is 4.79 Å². The van der Waals surface area contributed by atoms with Gasteiger partial charge in [-0.05, 0) is 38.8 Å². The molecule has 1 atom stereocenters. The minimum Gasteiger partial charge on any atom is -0.375 e. The highest BCUT2D eigenvalue weighted by Gasteiger charge is 2.29. The Balaban J connectivity index is 2.12. The second-order valence-corrected chi connectivity index (χ2v) is 5.21. The van der Waals surface area contributed by atoms with Crippen molar-refractivity contribution in [2.24, 2.45) is 5.73 Å². The lowest BCUT2D eigenvalue weighted by Gasteiger charge is -2.36. The number of carbonyl (C=O) groups is 1. The molecule has 2 rings (SSSR count). The molecule has 0 bridgehead atoms. The van der Waals surface area contributed by atoms with Gasteiger partial charge in [-0.15, -0.1) is 0 Å². The van der Waals surface area contributed by atoms with E-state index >= 15 is 0 Å². The summed E-state index contributed by atoms with van der Waals surface area (Å²) < 4.78 is 5.66. The maximum atomic E-state index is 11.3. The van der Waals surface area contributed by atoms with Gasteiger partial charge in [0.05, 0.1) is 11.2 Å². The minimum absolute atomic E-state index is 0.141. The lowest BCUT2D eigenvalue weighted by Crippen LogP contribution is -2.40. The third-order valence-corrected chi connectivity index (χ3v) is 3.11. The van der Waals surface area contributed by atoms with E-state index in [2.05, 4.69) is 24.1 Å². The van der Waals surface area contributed by atoms with Crippen LogP contribution in [0.1, 0.15) is 37.0 Å². The molecular weight excluding hydrogens is 230 g/mol. The van der Waals surface area contributed by atoms with Crippen molar-refractivity contribution in [2.75, 3.05) is 11.9 Å². The first-order valence-corrected chi connectivity index (χ1v) is 6.13. The topological polar surface area (TPSA) is 77.2 Å². The maximum Gasteiger partial charge on any atom is 0.252 e. The average molecular weight is 249 g/mol. The van der Waals surface area contributed by atoms with Crippen LogP contribution in [0.3, 0.4) is 0 Å². The van der Waals surface area contributed by atoms with Gasteiger partial charge in [0.15, 0.2) is 0 Å². The number of primary amides is 1. The van der Waals surface area contributed by atoms with E-state index in [1.807, 2.05) is 0 Å². The Kier molecular flexibility index (Phi) is 3.52. The number of carbonyl (C=O) groups excluding carboxylic acids is 1. The van der Waals surface area contributed by atoms with Crippen LogP contribution in [-0.4, -0.2) is 29.1 Å². The number of nitrogens with zero attached hydrogens (tertiary/aromatic N) is 1. The van der Waals surface area contributed by atoms with Gasteiger partial charge in [-0.25, -0.2) is 4.98 Å². The van der Waals surface area contributed by atoms with Crippen LogP contribution in [0.2, 0.25) is 0 Å². The summed E-state index contributed by atoms with van der Waals surface area (Å²) in [6, 6.07) is 3.64. The Morgan fingerprint density at radius 3 is 3.06 bits per heavy atom. The van der Waals surface area contributed by atoms with Crippen LogP contribution in [-0.2, 0) is 4.74 Å². The van der Waals surface area contributed by atoms with Crippen LogP contribution >= 0.6 is 0 Å². The molecule has 18 heavy (non-hydrogen) atoms. The van der Waals surface area contributed by atoms with Crippen molar-refractivity contribution >= 4 is 11.7 Å². The SMILES string of the molecule is CC1(C)CC(Nc2ncccc2C(N)=O)CCO1. The smallest absolute Gasteiger partial charge is 0.252 e. The summed E-state index contributed by atoms with van der Waals surface area (Å²) in [5.74, 6) is 0.101. The van der Waals surface area contributed by atoms with Crippen molar-refractivity contribution in [1.29, 1.82) is 0 Å². The quantitative estimate of drug-likeness (QED) is 0.852. The zero-order valence-electron chi connectivity index (χ0n) is 10.8. The number of amides is 1. The van der Waals surface area contributed by atoms with E-state index < -0.39 is 5.91 Å². The molecule has 0 spiro atoms. The number of ether oxygens (including phenoxy) is 1. The van der Waals surface area contributed by atoms with E-state index in [1.54, 1.807) is 18.3 Å². The van der Waals surface area contributed by atoms with Crippen LogP contribution < -0.4 is 11.1 Å². The number of hydrogen-bond donors (Lipinski definition) is 2. The highest BCUT2D eigenvalue weighted by Crippen LogP contribution is 2.26. The largest absolute Gasteiger partial charge is 0.375 e. The Morgan fingerprint density at radius 1 is 1.61 bits per heavy atom. The van der Waals surface area contributed by atoms with Crippen molar-refractivity contribution in [1.82, 2.24) is 4.98 Å². The number of nitrogens with one attached hydrogen (secondary N) is 1. The van der Waals surface area contributed by atoms with Gasteiger partial charge in [0.1, 0.15) is 5.82 Å². The fourth-order valence-electron chi connectivity index (χ4n) is 2.27. The summed E-state index contributed by atoms with van der Waals surface area (Å²) in [6.07, 6.45) is 3.43. The van der Waals surface area contributed by atoms with Gasteiger partial charge in [0.25, 0.3) is 5.91 Å². The zero-order chi connectivity index (χ0) is 13.2. The second-order valence-electron chi connectivity index (χ2n) is 5.21.